The first-order chi connectivity index (χ1) is 15.9. The molecule has 0 bridgehead atoms. The lowest BCUT2D eigenvalue weighted by Gasteiger charge is -2.29. The van der Waals surface area contributed by atoms with Gasteiger partial charge in [0, 0.05) is 5.56 Å². The standard InChI is InChI=1S/C29H34F4/c1-3-20-14-15-23(27(31)26(20)30)13-8-19-6-11-22(12-7-19)25-17-16-24(28(32)29(25)33)21-9-4-18(2)5-10-21/h8,13-19,21-22H,3-7,9-12H2,1-2H3/b13-8+. The van der Waals surface area contributed by atoms with E-state index in [1.165, 1.54) is 0 Å². The van der Waals surface area contributed by atoms with Crippen molar-refractivity contribution in [3.63, 3.8) is 0 Å². The first kappa shape index (κ1) is 24.0. The summed E-state index contributed by atoms with van der Waals surface area (Å²) in [7, 11) is 0. The summed E-state index contributed by atoms with van der Waals surface area (Å²) in [6.45, 7) is 4.02. The van der Waals surface area contributed by atoms with Gasteiger partial charge in [0.2, 0.25) is 0 Å². The van der Waals surface area contributed by atoms with Crippen molar-refractivity contribution in [1.82, 2.24) is 0 Å². The normalized spacial score (nSPS) is 26.1. The number of allylic oxidation sites excluding steroid dienone is 1. The quantitative estimate of drug-likeness (QED) is 0.392. The maximum absolute atomic E-state index is 15.0. The summed E-state index contributed by atoms with van der Waals surface area (Å²) in [5.41, 5.74) is 1.67. The van der Waals surface area contributed by atoms with Crippen LogP contribution in [0.1, 0.15) is 99.3 Å². The fourth-order valence-corrected chi connectivity index (χ4v) is 5.65. The van der Waals surface area contributed by atoms with Crippen molar-refractivity contribution in [2.75, 3.05) is 0 Å². The Kier molecular flexibility index (Phi) is 7.61. The van der Waals surface area contributed by atoms with Crippen LogP contribution in [0.25, 0.3) is 6.08 Å². The predicted octanol–water partition coefficient (Wildman–Crippen LogP) is 9.09. The lowest BCUT2D eigenvalue weighted by Crippen LogP contribution is -2.16. The van der Waals surface area contributed by atoms with Crippen molar-refractivity contribution in [2.24, 2.45) is 11.8 Å². The van der Waals surface area contributed by atoms with Crippen LogP contribution in [0.2, 0.25) is 0 Å². The van der Waals surface area contributed by atoms with E-state index in [2.05, 4.69) is 6.92 Å². The van der Waals surface area contributed by atoms with E-state index in [9.17, 15) is 13.2 Å². The minimum absolute atomic E-state index is 0.00240. The lowest BCUT2D eigenvalue weighted by molar-refractivity contribution is 0.336. The van der Waals surface area contributed by atoms with E-state index in [0.717, 1.165) is 51.4 Å². The minimum Gasteiger partial charge on any atom is -0.203 e. The van der Waals surface area contributed by atoms with Gasteiger partial charge < -0.3 is 0 Å². The molecule has 0 aromatic heterocycles. The van der Waals surface area contributed by atoms with Gasteiger partial charge in [-0.05, 0) is 85.3 Å². The Bertz CT molecular complexity index is 993. The molecule has 2 saturated carbocycles. The average molecular weight is 459 g/mol. The van der Waals surface area contributed by atoms with Crippen LogP contribution in [0.5, 0.6) is 0 Å². The average Bonchev–Trinajstić information content (AvgIpc) is 2.83. The molecule has 2 aliphatic carbocycles. The second kappa shape index (κ2) is 10.4. The lowest BCUT2D eigenvalue weighted by atomic mass is 9.76. The first-order valence-electron chi connectivity index (χ1n) is 12.5. The van der Waals surface area contributed by atoms with Gasteiger partial charge in [0.15, 0.2) is 23.3 Å². The molecular formula is C29H34F4. The van der Waals surface area contributed by atoms with Crippen LogP contribution < -0.4 is 0 Å². The molecule has 178 valence electrons. The summed E-state index contributed by atoms with van der Waals surface area (Å²) >= 11 is 0. The Hall–Kier alpha value is -2.10. The summed E-state index contributed by atoms with van der Waals surface area (Å²) < 4.78 is 58.3. The van der Waals surface area contributed by atoms with Crippen LogP contribution in [0.4, 0.5) is 17.6 Å². The molecule has 0 radical (unpaired) electrons. The Balaban J connectivity index is 1.39. The van der Waals surface area contributed by atoms with Gasteiger partial charge in [-0.2, -0.15) is 0 Å². The van der Waals surface area contributed by atoms with Crippen LogP contribution >= 0.6 is 0 Å². The zero-order chi connectivity index (χ0) is 23.5. The van der Waals surface area contributed by atoms with Crippen molar-refractivity contribution >= 4 is 6.08 Å². The van der Waals surface area contributed by atoms with Gasteiger partial charge in [-0.25, -0.2) is 17.6 Å². The van der Waals surface area contributed by atoms with Crippen molar-refractivity contribution in [2.45, 2.75) is 83.5 Å². The van der Waals surface area contributed by atoms with E-state index in [1.807, 2.05) is 12.1 Å². The molecule has 0 nitrogen and oxygen atoms in total. The number of rotatable bonds is 5. The molecule has 2 fully saturated rings. The third kappa shape index (κ3) is 5.20. The summed E-state index contributed by atoms with van der Waals surface area (Å²) in [6, 6.07) is 6.87. The highest BCUT2D eigenvalue weighted by Gasteiger charge is 2.28. The largest absolute Gasteiger partial charge is 0.203 e. The number of hydrogen-bond donors (Lipinski definition) is 0. The van der Waals surface area contributed by atoms with E-state index in [0.29, 0.717) is 29.0 Å². The minimum atomic E-state index is -0.802. The molecule has 0 heterocycles. The van der Waals surface area contributed by atoms with E-state index in [1.54, 1.807) is 31.2 Å². The molecule has 2 aromatic carbocycles. The van der Waals surface area contributed by atoms with Gasteiger partial charge >= 0.3 is 0 Å². The van der Waals surface area contributed by atoms with Crippen molar-refractivity contribution in [3.8, 4) is 0 Å². The Morgan fingerprint density at radius 3 is 1.79 bits per heavy atom. The third-order valence-electron chi connectivity index (χ3n) is 7.93. The van der Waals surface area contributed by atoms with Crippen LogP contribution in [-0.4, -0.2) is 0 Å². The van der Waals surface area contributed by atoms with Gasteiger partial charge in [-0.1, -0.05) is 63.1 Å². The molecule has 0 N–H and O–H groups in total. The molecule has 0 spiro atoms. The van der Waals surface area contributed by atoms with Crippen LogP contribution in [0.3, 0.4) is 0 Å². The van der Waals surface area contributed by atoms with E-state index in [-0.39, 0.29) is 23.3 Å². The fourth-order valence-electron chi connectivity index (χ4n) is 5.65. The number of halogens is 4. The molecule has 33 heavy (non-hydrogen) atoms. The van der Waals surface area contributed by atoms with Gasteiger partial charge in [0.25, 0.3) is 0 Å². The van der Waals surface area contributed by atoms with E-state index >= 15 is 4.39 Å². The molecule has 0 amide bonds. The topological polar surface area (TPSA) is 0 Å². The molecule has 4 heteroatoms. The summed E-state index contributed by atoms with van der Waals surface area (Å²) in [5, 5.41) is 0. The SMILES string of the molecule is CCc1ccc(/C=C/C2CCC(c3ccc(C4CCC(C)CC4)c(F)c3F)CC2)c(F)c1F. The molecule has 2 aromatic rings. The van der Waals surface area contributed by atoms with Crippen LogP contribution in [0, 0.1) is 35.1 Å². The van der Waals surface area contributed by atoms with Gasteiger partial charge in [0.05, 0.1) is 0 Å². The predicted molar refractivity (Wildman–Crippen MR) is 126 cm³/mol. The Labute approximate surface area is 195 Å². The van der Waals surface area contributed by atoms with E-state index < -0.39 is 23.3 Å². The first-order valence-corrected chi connectivity index (χ1v) is 12.5. The number of hydrogen-bond acceptors (Lipinski definition) is 0. The van der Waals surface area contributed by atoms with Crippen molar-refractivity contribution in [1.29, 1.82) is 0 Å². The molecular weight excluding hydrogens is 424 g/mol. The van der Waals surface area contributed by atoms with Gasteiger partial charge in [-0.15, -0.1) is 0 Å². The summed E-state index contributed by atoms with van der Waals surface area (Å²) in [5.74, 6) is -1.86. The fraction of sp³-hybridized carbons (Fsp3) is 0.517. The smallest absolute Gasteiger partial charge is 0.166 e. The Morgan fingerprint density at radius 1 is 0.697 bits per heavy atom. The number of aryl methyl sites for hydroxylation is 1. The molecule has 0 saturated heterocycles. The van der Waals surface area contributed by atoms with E-state index in [4.69, 9.17) is 0 Å². The van der Waals surface area contributed by atoms with Gasteiger partial charge in [0.1, 0.15) is 0 Å². The number of benzene rings is 2. The highest BCUT2D eigenvalue weighted by molar-refractivity contribution is 5.51. The zero-order valence-corrected chi connectivity index (χ0v) is 19.6. The maximum atomic E-state index is 15.0. The molecule has 0 unspecified atom stereocenters. The second-order valence-corrected chi connectivity index (χ2v) is 10.1. The second-order valence-electron chi connectivity index (χ2n) is 10.1. The third-order valence-corrected chi connectivity index (χ3v) is 7.93. The van der Waals surface area contributed by atoms with Crippen LogP contribution in [-0.2, 0) is 6.42 Å². The Morgan fingerprint density at radius 2 is 1.24 bits per heavy atom. The molecule has 2 aliphatic rings. The van der Waals surface area contributed by atoms with Gasteiger partial charge in [-0.3, -0.25) is 0 Å². The van der Waals surface area contributed by atoms with Crippen molar-refractivity contribution < 1.29 is 17.6 Å². The highest BCUT2D eigenvalue weighted by Crippen LogP contribution is 2.41. The van der Waals surface area contributed by atoms with Crippen molar-refractivity contribution in [3.05, 3.63) is 75.9 Å². The molecule has 4 rings (SSSR count). The molecule has 0 atom stereocenters. The highest BCUT2D eigenvalue weighted by atomic mass is 19.2. The molecule has 0 aliphatic heterocycles. The monoisotopic (exact) mass is 458 g/mol. The summed E-state index contributed by atoms with van der Waals surface area (Å²) in [4.78, 5) is 0. The summed E-state index contributed by atoms with van der Waals surface area (Å²) in [6.07, 6.45) is 11.2. The van der Waals surface area contributed by atoms with Crippen LogP contribution in [0.15, 0.2) is 30.3 Å². The maximum Gasteiger partial charge on any atom is 0.166 e. The zero-order valence-electron chi connectivity index (χ0n) is 19.6.